The fraction of sp³-hybridized carbons (Fsp3) is 0.357. The van der Waals surface area contributed by atoms with Gasteiger partial charge in [0, 0.05) is 47.0 Å². The van der Waals surface area contributed by atoms with Crippen molar-refractivity contribution < 1.29 is 0 Å². The molecule has 0 aliphatic rings. The summed E-state index contributed by atoms with van der Waals surface area (Å²) in [6, 6.07) is 8.62. The van der Waals surface area contributed by atoms with Crippen molar-refractivity contribution in [3.05, 3.63) is 47.0 Å². The van der Waals surface area contributed by atoms with Gasteiger partial charge < -0.3 is 4.57 Å². The van der Waals surface area contributed by atoms with Gasteiger partial charge >= 0.3 is 0 Å². The van der Waals surface area contributed by atoms with E-state index in [1.54, 1.807) is 0 Å². The third-order valence-corrected chi connectivity index (χ3v) is 4.84. The number of nitrogens with zero attached hydrogens (tertiary/aromatic N) is 2. The highest BCUT2D eigenvalue weighted by Crippen LogP contribution is 2.22. The fourth-order valence-electron chi connectivity index (χ4n) is 1.88. The summed E-state index contributed by atoms with van der Waals surface area (Å²) in [4.78, 5) is 5.59. The zero-order chi connectivity index (χ0) is 14.4. The second-order valence-corrected chi connectivity index (χ2v) is 6.63. The summed E-state index contributed by atoms with van der Waals surface area (Å²) in [6.07, 6.45) is 5.71. The zero-order valence-electron chi connectivity index (χ0n) is 11.4. The van der Waals surface area contributed by atoms with Crippen LogP contribution >= 0.6 is 27.7 Å². The number of halogens is 1. The Morgan fingerprint density at radius 3 is 2.75 bits per heavy atom. The van der Waals surface area contributed by atoms with Crippen LogP contribution in [0, 0.1) is 0 Å². The van der Waals surface area contributed by atoms with E-state index in [0.717, 1.165) is 28.9 Å². The fourth-order valence-corrected chi connectivity index (χ4v) is 3.13. The van der Waals surface area contributed by atoms with Gasteiger partial charge in [-0.15, -0.1) is 11.8 Å². The first-order chi connectivity index (χ1) is 9.69. The van der Waals surface area contributed by atoms with E-state index in [2.05, 4.69) is 55.2 Å². The lowest BCUT2D eigenvalue weighted by molar-refractivity contribution is 0.528. The number of aryl methyl sites for hydroxylation is 2. The summed E-state index contributed by atoms with van der Waals surface area (Å²) in [7, 11) is 2.02. The monoisotopic (exact) mass is 354 g/mol. The van der Waals surface area contributed by atoms with E-state index in [-0.39, 0.29) is 6.04 Å². The van der Waals surface area contributed by atoms with Gasteiger partial charge in [0.25, 0.3) is 0 Å². The Morgan fingerprint density at radius 2 is 2.15 bits per heavy atom. The van der Waals surface area contributed by atoms with Crippen molar-refractivity contribution in [2.45, 2.75) is 23.8 Å². The molecule has 0 saturated heterocycles. The molecule has 1 unspecified atom stereocenters. The molecule has 0 amide bonds. The van der Waals surface area contributed by atoms with Gasteiger partial charge in [-0.25, -0.2) is 4.98 Å². The molecular weight excluding hydrogens is 336 g/mol. The van der Waals surface area contributed by atoms with Crippen molar-refractivity contribution in [1.29, 1.82) is 0 Å². The minimum atomic E-state index is 0.278. The third-order valence-electron chi connectivity index (χ3n) is 3.14. The number of rotatable bonds is 7. The van der Waals surface area contributed by atoms with Gasteiger partial charge in [-0.1, -0.05) is 15.9 Å². The van der Waals surface area contributed by atoms with Gasteiger partial charge in [0.2, 0.25) is 0 Å². The lowest BCUT2D eigenvalue weighted by Gasteiger charge is -2.15. The predicted octanol–water partition coefficient (Wildman–Crippen LogP) is 2.74. The van der Waals surface area contributed by atoms with Crippen molar-refractivity contribution in [2.24, 2.45) is 12.9 Å². The summed E-state index contributed by atoms with van der Waals surface area (Å²) in [6.45, 7) is 0. The van der Waals surface area contributed by atoms with Crippen LogP contribution in [0.2, 0.25) is 0 Å². The first-order valence-electron chi connectivity index (χ1n) is 6.49. The average molecular weight is 355 g/mol. The Hall–Kier alpha value is -0.820. The van der Waals surface area contributed by atoms with E-state index in [9.17, 15) is 0 Å². The van der Waals surface area contributed by atoms with Crippen LogP contribution in [0.3, 0.4) is 0 Å². The average Bonchev–Trinajstić information content (AvgIpc) is 2.86. The molecule has 0 saturated carbocycles. The van der Waals surface area contributed by atoms with Crippen LogP contribution in [0.5, 0.6) is 0 Å². The Kier molecular flexibility index (Phi) is 6.09. The Balaban J connectivity index is 1.80. The van der Waals surface area contributed by atoms with E-state index < -0.39 is 0 Å². The molecule has 20 heavy (non-hydrogen) atoms. The molecule has 0 bridgehead atoms. The van der Waals surface area contributed by atoms with Gasteiger partial charge in [0.05, 0.1) is 0 Å². The van der Waals surface area contributed by atoms with E-state index in [1.165, 1.54) is 4.90 Å². The Labute approximate surface area is 132 Å². The largest absolute Gasteiger partial charge is 0.338 e. The van der Waals surface area contributed by atoms with Gasteiger partial charge in [0.1, 0.15) is 5.82 Å². The molecule has 2 aromatic rings. The van der Waals surface area contributed by atoms with Crippen LogP contribution in [0.25, 0.3) is 0 Å². The summed E-state index contributed by atoms with van der Waals surface area (Å²) >= 11 is 5.25. The summed E-state index contributed by atoms with van der Waals surface area (Å²) < 4.78 is 3.15. The molecule has 6 heteroatoms. The normalized spacial score (nSPS) is 12.6. The summed E-state index contributed by atoms with van der Waals surface area (Å²) in [5.41, 5.74) is 2.90. The molecule has 0 radical (unpaired) electrons. The molecule has 2 rings (SSSR count). The van der Waals surface area contributed by atoms with E-state index in [4.69, 9.17) is 5.84 Å². The number of nitrogens with two attached hydrogens (primary N) is 1. The number of hydrogen-bond acceptors (Lipinski definition) is 4. The van der Waals surface area contributed by atoms with Crippen LogP contribution in [0.4, 0.5) is 0 Å². The van der Waals surface area contributed by atoms with Crippen molar-refractivity contribution in [1.82, 2.24) is 15.0 Å². The molecule has 0 aliphatic heterocycles. The van der Waals surface area contributed by atoms with E-state index >= 15 is 0 Å². The maximum Gasteiger partial charge on any atom is 0.108 e. The van der Waals surface area contributed by atoms with Crippen LogP contribution in [0.1, 0.15) is 12.2 Å². The third kappa shape index (κ3) is 4.63. The summed E-state index contributed by atoms with van der Waals surface area (Å²) in [5, 5.41) is 0. The zero-order valence-corrected chi connectivity index (χ0v) is 13.8. The summed E-state index contributed by atoms with van der Waals surface area (Å²) in [5.74, 6) is 7.68. The molecule has 1 heterocycles. The minimum Gasteiger partial charge on any atom is -0.338 e. The maximum atomic E-state index is 5.64. The quantitative estimate of drug-likeness (QED) is 0.456. The number of thioether (sulfide) groups is 1. The van der Waals surface area contributed by atoms with Gasteiger partial charge in [-0.05, 0) is 30.7 Å². The van der Waals surface area contributed by atoms with Gasteiger partial charge in [-0.3, -0.25) is 11.3 Å². The first-order valence-corrected chi connectivity index (χ1v) is 8.27. The maximum absolute atomic E-state index is 5.64. The molecule has 1 aromatic heterocycles. The molecule has 108 valence electrons. The highest BCUT2D eigenvalue weighted by molar-refractivity contribution is 9.10. The molecule has 0 spiro atoms. The number of aromatic nitrogens is 2. The predicted molar refractivity (Wildman–Crippen MR) is 87.5 cm³/mol. The van der Waals surface area contributed by atoms with Crippen LogP contribution < -0.4 is 11.3 Å². The van der Waals surface area contributed by atoms with E-state index in [1.807, 2.05) is 31.2 Å². The highest BCUT2D eigenvalue weighted by Gasteiger charge is 2.09. The lowest BCUT2D eigenvalue weighted by Crippen LogP contribution is -2.37. The topological polar surface area (TPSA) is 55.9 Å². The van der Waals surface area contributed by atoms with Crippen molar-refractivity contribution in [2.75, 3.05) is 5.75 Å². The second kappa shape index (κ2) is 7.83. The SMILES string of the molecule is Cn1ccnc1CCC(CSc1ccc(Br)cc1)NN. The first kappa shape index (κ1) is 15.6. The number of hydrogen-bond donors (Lipinski definition) is 2. The molecule has 1 aromatic carbocycles. The molecule has 3 N–H and O–H groups in total. The smallest absolute Gasteiger partial charge is 0.108 e. The second-order valence-electron chi connectivity index (χ2n) is 4.62. The van der Waals surface area contributed by atoms with E-state index in [0.29, 0.717) is 0 Å². The van der Waals surface area contributed by atoms with Crippen molar-refractivity contribution >= 4 is 27.7 Å². The standard InChI is InChI=1S/C14H19BrN4S/c1-19-9-8-17-14(19)7-4-12(18-16)10-20-13-5-2-11(15)3-6-13/h2-3,5-6,8-9,12,18H,4,7,10,16H2,1H3. The minimum absolute atomic E-state index is 0.278. The van der Waals surface area contributed by atoms with Gasteiger partial charge in [-0.2, -0.15) is 0 Å². The molecule has 1 atom stereocenters. The van der Waals surface area contributed by atoms with Crippen LogP contribution in [-0.2, 0) is 13.5 Å². The number of imidazole rings is 1. The highest BCUT2D eigenvalue weighted by atomic mass is 79.9. The van der Waals surface area contributed by atoms with Crippen LogP contribution in [-0.4, -0.2) is 21.3 Å². The lowest BCUT2D eigenvalue weighted by atomic mass is 10.2. The molecule has 0 fully saturated rings. The number of benzene rings is 1. The van der Waals surface area contributed by atoms with Crippen LogP contribution in [0.15, 0.2) is 46.0 Å². The number of nitrogens with one attached hydrogen (secondary N) is 1. The molecule has 4 nitrogen and oxygen atoms in total. The van der Waals surface area contributed by atoms with Crippen molar-refractivity contribution in [3.63, 3.8) is 0 Å². The molecular formula is C14H19BrN4S. The Morgan fingerprint density at radius 1 is 1.40 bits per heavy atom. The Bertz CT molecular complexity index is 526. The number of hydrazine groups is 1. The molecule has 0 aliphatic carbocycles. The van der Waals surface area contributed by atoms with Gasteiger partial charge in [0.15, 0.2) is 0 Å². The van der Waals surface area contributed by atoms with Crippen molar-refractivity contribution in [3.8, 4) is 0 Å².